The summed E-state index contributed by atoms with van der Waals surface area (Å²) in [6, 6.07) is 10.3. The Balaban J connectivity index is 2.79. The molecule has 1 rings (SSSR count). The molecule has 0 spiro atoms. The van der Waals surface area contributed by atoms with Crippen LogP contribution in [0.5, 0.6) is 0 Å². The maximum Gasteiger partial charge on any atom is 0.171 e. The summed E-state index contributed by atoms with van der Waals surface area (Å²) in [6.45, 7) is 6.22. The van der Waals surface area contributed by atoms with Crippen LogP contribution in [0.1, 0.15) is 12.5 Å². The van der Waals surface area contributed by atoms with E-state index in [1.807, 2.05) is 25.1 Å². The van der Waals surface area contributed by atoms with E-state index in [1.54, 1.807) is 0 Å². The topological polar surface area (TPSA) is 0 Å². The summed E-state index contributed by atoms with van der Waals surface area (Å²) >= 11 is 12.9. The van der Waals surface area contributed by atoms with Crippen molar-refractivity contribution >= 4 is 30.1 Å². The Hall–Kier alpha value is 0.0169. The summed E-state index contributed by atoms with van der Waals surface area (Å²) in [7, 11) is -1.83. The van der Waals surface area contributed by atoms with E-state index in [1.165, 1.54) is 5.56 Å². The van der Waals surface area contributed by atoms with Crippen LogP contribution in [-0.2, 0) is 6.42 Å². The molecule has 0 saturated carbocycles. The van der Waals surface area contributed by atoms with Crippen LogP contribution >= 0.6 is 22.7 Å². The monoisotopic (exact) mass is 246 g/mol. The molecule has 0 N–H and O–H groups in total. The van der Waals surface area contributed by atoms with Gasteiger partial charge in [-0.1, -0.05) is 43.4 Å². The Bertz CT molecular complexity index is 288. The molecule has 0 fully saturated rings. The Kier molecular flexibility index (Phi) is 3.67. The molecule has 0 amide bonds. The number of hydrogen-bond acceptors (Lipinski definition) is 0. The molecular weight excluding hydrogens is 231 g/mol. The summed E-state index contributed by atoms with van der Waals surface area (Å²) in [5, 5.41) is 0. The van der Waals surface area contributed by atoms with Crippen LogP contribution in [0.3, 0.4) is 0 Å². The van der Waals surface area contributed by atoms with Crippen molar-refractivity contribution in [3.63, 3.8) is 0 Å². The zero-order chi connectivity index (χ0) is 10.8. The summed E-state index contributed by atoms with van der Waals surface area (Å²) in [4.78, 5) is 0. The lowest BCUT2D eigenvalue weighted by atomic mass is 10.1. The van der Waals surface area contributed by atoms with Gasteiger partial charge in [0.2, 0.25) is 0 Å². The number of benzene rings is 1. The van der Waals surface area contributed by atoms with Gasteiger partial charge < -0.3 is 0 Å². The van der Waals surface area contributed by atoms with E-state index in [2.05, 4.69) is 25.2 Å². The van der Waals surface area contributed by atoms with Gasteiger partial charge in [0.15, 0.2) is 7.38 Å². The molecule has 78 valence electrons. The molecule has 1 aromatic rings. The average Bonchev–Trinajstić information content (AvgIpc) is 2.03. The van der Waals surface area contributed by atoms with Crippen LogP contribution < -0.4 is 0 Å². The summed E-state index contributed by atoms with van der Waals surface area (Å²) in [6.07, 6.45) is 0.845. The van der Waals surface area contributed by atoms with E-state index in [9.17, 15) is 0 Å². The molecular formula is C11H16Cl2Si. The second kappa shape index (κ2) is 4.26. The highest BCUT2D eigenvalue weighted by Crippen LogP contribution is 2.33. The molecule has 0 aliphatic heterocycles. The predicted molar refractivity (Wildman–Crippen MR) is 67.7 cm³/mol. The largest absolute Gasteiger partial charge is 0.171 e. The maximum atomic E-state index is 6.48. The van der Waals surface area contributed by atoms with Crippen LogP contribution in [0.2, 0.25) is 13.1 Å². The Labute approximate surface area is 96.9 Å². The predicted octanol–water partition coefficient (Wildman–Crippen LogP) is 4.21. The van der Waals surface area contributed by atoms with E-state index in [0.717, 1.165) is 6.42 Å². The highest BCUT2D eigenvalue weighted by atomic mass is 35.6. The Morgan fingerprint density at radius 3 is 2.14 bits per heavy atom. The molecule has 14 heavy (non-hydrogen) atoms. The van der Waals surface area contributed by atoms with Gasteiger partial charge >= 0.3 is 0 Å². The fourth-order valence-corrected chi connectivity index (χ4v) is 2.17. The Morgan fingerprint density at radius 1 is 1.21 bits per heavy atom. The van der Waals surface area contributed by atoms with Crippen molar-refractivity contribution in [1.82, 2.24) is 0 Å². The standard InChI is InChI=1S/C11H16Cl2Si/c1-11(12,14(2,3)13)9-10-7-5-4-6-8-10/h4-8H,9H2,1-3H3. The highest BCUT2D eigenvalue weighted by Gasteiger charge is 2.40. The van der Waals surface area contributed by atoms with Gasteiger partial charge in [-0.25, -0.2) is 0 Å². The second-order valence-electron chi connectivity index (χ2n) is 4.33. The van der Waals surface area contributed by atoms with Crippen molar-refractivity contribution in [3.8, 4) is 0 Å². The molecule has 0 aliphatic rings. The van der Waals surface area contributed by atoms with Crippen LogP contribution in [-0.4, -0.2) is 11.9 Å². The molecule has 1 aromatic carbocycles. The first kappa shape index (κ1) is 12.1. The molecule has 0 nitrogen and oxygen atoms in total. The average molecular weight is 247 g/mol. The van der Waals surface area contributed by atoms with Gasteiger partial charge in [-0.2, -0.15) is 11.1 Å². The first-order valence-corrected chi connectivity index (χ1v) is 9.14. The van der Waals surface area contributed by atoms with Crippen molar-refractivity contribution in [2.45, 2.75) is 30.9 Å². The quantitative estimate of drug-likeness (QED) is 0.426. The summed E-state index contributed by atoms with van der Waals surface area (Å²) in [5.74, 6) is 0. The third kappa shape index (κ3) is 3.01. The Morgan fingerprint density at radius 2 is 1.71 bits per heavy atom. The molecule has 0 bridgehead atoms. The van der Waals surface area contributed by atoms with E-state index < -0.39 is 7.38 Å². The smallest absolute Gasteiger partial charge is 0.166 e. The molecule has 1 unspecified atom stereocenters. The van der Waals surface area contributed by atoms with Crippen molar-refractivity contribution in [3.05, 3.63) is 35.9 Å². The van der Waals surface area contributed by atoms with Gasteiger partial charge in [0, 0.05) is 0 Å². The maximum absolute atomic E-state index is 6.48. The first-order valence-electron chi connectivity index (χ1n) is 4.75. The lowest BCUT2D eigenvalue weighted by Crippen LogP contribution is -2.44. The van der Waals surface area contributed by atoms with Crippen LogP contribution in [0.4, 0.5) is 0 Å². The number of rotatable bonds is 3. The van der Waals surface area contributed by atoms with E-state index in [0.29, 0.717) is 0 Å². The normalized spacial score (nSPS) is 16.4. The summed E-state index contributed by atoms with van der Waals surface area (Å²) < 4.78 is -0.282. The lowest BCUT2D eigenvalue weighted by Gasteiger charge is -2.32. The first-order chi connectivity index (χ1) is 6.33. The van der Waals surface area contributed by atoms with Crippen LogP contribution in [0, 0.1) is 0 Å². The minimum Gasteiger partial charge on any atom is -0.166 e. The fraction of sp³-hybridized carbons (Fsp3) is 0.455. The van der Waals surface area contributed by atoms with Gasteiger partial charge in [0.25, 0.3) is 0 Å². The second-order valence-corrected chi connectivity index (χ2v) is 12.4. The van der Waals surface area contributed by atoms with Crippen molar-refractivity contribution < 1.29 is 0 Å². The number of hydrogen-bond donors (Lipinski definition) is 0. The fourth-order valence-electron chi connectivity index (χ4n) is 1.19. The molecule has 0 saturated heterocycles. The zero-order valence-corrected chi connectivity index (χ0v) is 11.4. The van der Waals surface area contributed by atoms with Crippen LogP contribution in [0.25, 0.3) is 0 Å². The minimum atomic E-state index is -1.83. The molecule has 1 atom stereocenters. The van der Waals surface area contributed by atoms with E-state index >= 15 is 0 Å². The number of halogens is 2. The third-order valence-electron chi connectivity index (χ3n) is 2.62. The van der Waals surface area contributed by atoms with Crippen molar-refractivity contribution in [2.75, 3.05) is 0 Å². The molecule has 0 aromatic heterocycles. The van der Waals surface area contributed by atoms with E-state index in [4.69, 9.17) is 22.7 Å². The SMILES string of the molecule is CC(Cl)(Cc1ccccc1)[Si](C)(C)Cl. The van der Waals surface area contributed by atoms with Gasteiger partial charge in [-0.15, -0.1) is 11.6 Å². The summed E-state index contributed by atoms with van der Waals surface area (Å²) in [5.41, 5.74) is 1.26. The number of alkyl halides is 1. The zero-order valence-electron chi connectivity index (χ0n) is 8.85. The lowest BCUT2D eigenvalue weighted by molar-refractivity contribution is 0.823. The van der Waals surface area contributed by atoms with Gasteiger partial charge in [-0.05, 0) is 18.9 Å². The van der Waals surface area contributed by atoms with Gasteiger partial charge in [-0.3, -0.25) is 0 Å². The van der Waals surface area contributed by atoms with Gasteiger partial charge in [0.05, 0.1) is 4.50 Å². The van der Waals surface area contributed by atoms with Gasteiger partial charge in [0.1, 0.15) is 0 Å². The third-order valence-corrected chi connectivity index (χ3v) is 8.37. The molecule has 3 heteroatoms. The van der Waals surface area contributed by atoms with Crippen molar-refractivity contribution in [1.29, 1.82) is 0 Å². The van der Waals surface area contributed by atoms with Crippen LogP contribution in [0.15, 0.2) is 30.3 Å². The highest BCUT2D eigenvalue weighted by molar-refractivity contribution is 7.23. The van der Waals surface area contributed by atoms with Crippen molar-refractivity contribution in [2.24, 2.45) is 0 Å². The molecule has 0 heterocycles. The molecule has 0 radical (unpaired) electrons. The molecule has 0 aliphatic carbocycles. The van der Waals surface area contributed by atoms with E-state index in [-0.39, 0.29) is 4.50 Å². The minimum absolute atomic E-state index is 0.282.